The van der Waals surface area contributed by atoms with Crippen molar-refractivity contribution < 1.29 is 14.1 Å². The molecule has 0 saturated heterocycles. The SMILES string of the molecule is O=C(Nc1ccc2c(c1)nc1n2CC[NH+](Cc2ccccc2)C1)c1ccco1. The molecule has 0 radical (unpaired) electrons. The molecule has 28 heavy (non-hydrogen) atoms. The second-order valence-electron chi connectivity index (χ2n) is 7.15. The number of carbonyl (C=O) groups is 1. The van der Waals surface area contributed by atoms with Gasteiger partial charge in [0.2, 0.25) is 0 Å². The molecule has 0 saturated carbocycles. The number of imidazole rings is 1. The summed E-state index contributed by atoms with van der Waals surface area (Å²) in [4.78, 5) is 18.5. The van der Waals surface area contributed by atoms with Crippen molar-refractivity contribution in [1.82, 2.24) is 9.55 Å². The van der Waals surface area contributed by atoms with E-state index in [2.05, 4.69) is 40.2 Å². The van der Waals surface area contributed by atoms with Gasteiger partial charge in [-0.05, 0) is 30.3 Å². The quantitative estimate of drug-likeness (QED) is 0.578. The van der Waals surface area contributed by atoms with Gasteiger partial charge in [0.05, 0.1) is 30.4 Å². The first-order valence-electron chi connectivity index (χ1n) is 9.48. The minimum atomic E-state index is -0.258. The fraction of sp³-hybridized carbons (Fsp3) is 0.182. The van der Waals surface area contributed by atoms with E-state index in [1.54, 1.807) is 12.1 Å². The Morgan fingerprint density at radius 2 is 2.04 bits per heavy atom. The molecule has 4 aromatic rings. The van der Waals surface area contributed by atoms with Crippen molar-refractivity contribution in [2.24, 2.45) is 0 Å². The molecule has 6 nitrogen and oxygen atoms in total. The van der Waals surface area contributed by atoms with Crippen molar-refractivity contribution in [2.75, 3.05) is 11.9 Å². The van der Waals surface area contributed by atoms with Crippen LogP contribution in [0.15, 0.2) is 71.3 Å². The fourth-order valence-electron chi connectivity index (χ4n) is 3.86. The summed E-state index contributed by atoms with van der Waals surface area (Å²) < 4.78 is 7.44. The number of rotatable bonds is 4. The molecular formula is C22H21N4O2+. The van der Waals surface area contributed by atoms with Crippen LogP contribution in [0.3, 0.4) is 0 Å². The lowest BCUT2D eigenvalue weighted by Crippen LogP contribution is -3.10. The molecular weight excluding hydrogens is 352 g/mol. The lowest BCUT2D eigenvalue weighted by atomic mass is 10.2. The number of hydrogen-bond donors (Lipinski definition) is 2. The first kappa shape index (κ1) is 16.8. The summed E-state index contributed by atoms with van der Waals surface area (Å²) in [6.45, 7) is 3.93. The maximum absolute atomic E-state index is 12.2. The highest BCUT2D eigenvalue weighted by Crippen LogP contribution is 2.22. The van der Waals surface area contributed by atoms with Gasteiger partial charge in [0, 0.05) is 11.3 Å². The summed E-state index contributed by atoms with van der Waals surface area (Å²) >= 11 is 0. The van der Waals surface area contributed by atoms with Gasteiger partial charge in [-0.25, -0.2) is 4.98 Å². The molecule has 2 aromatic heterocycles. The number of furan rings is 1. The van der Waals surface area contributed by atoms with Crippen LogP contribution in [0.2, 0.25) is 0 Å². The molecule has 140 valence electrons. The van der Waals surface area contributed by atoms with E-state index in [1.807, 2.05) is 18.2 Å². The zero-order valence-electron chi connectivity index (χ0n) is 15.4. The van der Waals surface area contributed by atoms with Crippen LogP contribution in [-0.2, 0) is 19.6 Å². The van der Waals surface area contributed by atoms with Gasteiger partial charge >= 0.3 is 0 Å². The molecule has 2 aromatic carbocycles. The van der Waals surface area contributed by atoms with E-state index in [0.29, 0.717) is 5.76 Å². The minimum Gasteiger partial charge on any atom is -0.459 e. The first-order chi connectivity index (χ1) is 13.8. The topological polar surface area (TPSA) is 64.5 Å². The summed E-state index contributed by atoms with van der Waals surface area (Å²) in [5, 5.41) is 2.87. The standard InChI is InChI=1S/C22H20N4O2/c27-22(20-7-4-12-28-20)23-17-8-9-19-18(13-17)24-21-15-25(10-11-26(19)21)14-16-5-2-1-3-6-16/h1-9,12-13H,10-11,14-15H2,(H,23,27)/p+1. The van der Waals surface area contributed by atoms with Crippen LogP contribution in [-0.4, -0.2) is 22.0 Å². The van der Waals surface area contributed by atoms with E-state index in [9.17, 15) is 4.79 Å². The van der Waals surface area contributed by atoms with Gasteiger partial charge in [0.15, 0.2) is 11.6 Å². The van der Waals surface area contributed by atoms with Crippen molar-refractivity contribution in [1.29, 1.82) is 0 Å². The monoisotopic (exact) mass is 373 g/mol. The van der Waals surface area contributed by atoms with Crippen LogP contribution in [0.1, 0.15) is 21.9 Å². The van der Waals surface area contributed by atoms with Gasteiger partial charge in [-0.1, -0.05) is 30.3 Å². The number of nitrogens with zero attached hydrogens (tertiary/aromatic N) is 2. The summed E-state index contributed by atoms with van der Waals surface area (Å²) in [6.07, 6.45) is 1.49. The largest absolute Gasteiger partial charge is 0.459 e. The molecule has 6 heteroatoms. The smallest absolute Gasteiger partial charge is 0.291 e. The highest BCUT2D eigenvalue weighted by atomic mass is 16.3. The first-order valence-corrected chi connectivity index (χ1v) is 9.48. The third kappa shape index (κ3) is 3.18. The average molecular weight is 373 g/mol. The van der Waals surface area contributed by atoms with Crippen LogP contribution >= 0.6 is 0 Å². The van der Waals surface area contributed by atoms with Gasteiger partial charge in [0.1, 0.15) is 13.1 Å². The van der Waals surface area contributed by atoms with E-state index in [4.69, 9.17) is 9.40 Å². The Hall–Kier alpha value is -3.38. The van der Waals surface area contributed by atoms with Crippen LogP contribution in [0, 0.1) is 0 Å². The molecule has 2 N–H and O–H groups in total. The molecule has 0 fully saturated rings. The second kappa shape index (κ2) is 6.98. The van der Waals surface area contributed by atoms with Gasteiger partial charge in [-0.2, -0.15) is 0 Å². The number of aromatic nitrogens is 2. The lowest BCUT2D eigenvalue weighted by molar-refractivity contribution is -0.932. The highest BCUT2D eigenvalue weighted by Gasteiger charge is 2.23. The second-order valence-corrected chi connectivity index (χ2v) is 7.15. The van der Waals surface area contributed by atoms with Gasteiger partial charge in [-0.3, -0.25) is 4.79 Å². The van der Waals surface area contributed by atoms with Crippen LogP contribution in [0.5, 0.6) is 0 Å². The van der Waals surface area contributed by atoms with E-state index in [-0.39, 0.29) is 5.91 Å². The third-order valence-corrected chi connectivity index (χ3v) is 5.22. The van der Waals surface area contributed by atoms with Gasteiger partial charge in [-0.15, -0.1) is 0 Å². The maximum Gasteiger partial charge on any atom is 0.291 e. The Morgan fingerprint density at radius 3 is 2.86 bits per heavy atom. The molecule has 5 rings (SSSR count). The number of hydrogen-bond acceptors (Lipinski definition) is 3. The van der Waals surface area contributed by atoms with Crippen molar-refractivity contribution in [3.05, 3.63) is 84.1 Å². The lowest BCUT2D eigenvalue weighted by Gasteiger charge is -2.25. The van der Waals surface area contributed by atoms with Crippen LogP contribution in [0.25, 0.3) is 11.0 Å². The molecule has 1 atom stereocenters. The fourth-order valence-corrected chi connectivity index (χ4v) is 3.86. The Balaban J connectivity index is 1.36. The van der Waals surface area contributed by atoms with E-state index in [0.717, 1.165) is 48.7 Å². The zero-order chi connectivity index (χ0) is 18.9. The molecule has 0 spiro atoms. The maximum atomic E-state index is 12.2. The molecule has 1 aliphatic rings. The minimum absolute atomic E-state index is 0.258. The number of nitrogens with one attached hydrogen (secondary N) is 2. The highest BCUT2D eigenvalue weighted by molar-refractivity contribution is 6.03. The average Bonchev–Trinajstić information content (AvgIpc) is 3.36. The summed E-state index contributed by atoms with van der Waals surface area (Å²) in [6, 6.07) is 19.8. The van der Waals surface area contributed by atoms with Crippen LogP contribution in [0.4, 0.5) is 5.69 Å². The van der Waals surface area contributed by atoms with Gasteiger partial charge in [0.25, 0.3) is 5.91 Å². The van der Waals surface area contributed by atoms with Gasteiger partial charge < -0.3 is 19.2 Å². The third-order valence-electron chi connectivity index (χ3n) is 5.22. The summed E-state index contributed by atoms with van der Waals surface area (Å²) in [5.41, 5.74) is 4.10. The number of amides is 1. The Bertz CT molecular complexity index is 1120. The van der Waals surface area contributed by atoms with E-state index < -0.39 is 0 Å². The Kier molecular flexibility index (Phi) is 4.18. The van der Waals surface area contributed by atoms with Crippen molar-refractivity contribution >= 4 is 22.6 Å². The molecule has 0 bridgehead atoms. The zero-order valence-corrected chi connectivity index (χ0v) is 15.4. The van der Waals surface area contributed by atoms with Crippen molar-refractivity contribution in [2.45, 2.75) is 19.6 Å². The Morgan fingerprint density at radius 1 is 1.14 bits per heavy atom. The molecule has 3 heterocycles. The van der Waals surface area contributed by atoms with Crippen LogP contribution < -0.4 is 10.2 Å². The van der Waals surface area contributed by atoms with E-state index in [1.165, 1.54) is 16.7 Å². The molecule has 0 aliphatic carbocycles. The number of fused-ring (bicyclic) bond motifs is 3. The number of anilines is 1. The number of quaternary nitrogens is 1. The summed E-state index contributed by atoms with van der Waals surface area (Å²) in [5.74, 6) is 1.14. The van der Waals surface area contributed by atoms with Crippen molar-refractivity contribution in [3.8, 4) is 0 Å². The normalized spacial score (nSPS) is 16.1. The summed E-state index contributed by atoms with van der Waals surface area (Å²) in [7, 11) is 0. The number of benzene rings is 2. The molecule has 1 amide bonds. The van der Waals surface area contributed by atoms with Crippen molar-refractivity contribution in [3.63, 3.8) is 0 Å². The van der Waals surface area contributed by atoms with E-state index >= 15 is 0 Å². The molecule has 1 unspecified atom stereocenters. The predicted octanol–water partition coefficient (Wildman–Crippen LogP) is 2.48. The number of carbonyl (C=O) groups excluding carboxylic acids is 1. The molecule has 1 aliphatic heterocycles. The predicted molar refractivity (Wildman–Crippen MR) is 106 cm³/mol. The Labute approximate surface area is 162 Å².